The lowest BCUT2D eigenvalue weighted by atomic mass is 9.49. The fourth-order valence-corrected chi connectivity index (χ4v) is 7.67. The molecule has 0 aromatic heterocycles. The van der Waals surface area contributed by atoms with Gasteiger partial charge in [-0.3, -0.25) is 4.79 Å². The number of ketones is 1. The fourth-order valence-electron chi connectivity index (χ4n) is 7.67. The summed E-state index contributed by atoms with van der Waals surface area (Å²) in [5.74, 6) is 3.24. The second kappa shape index (κ2) is 6.02. The molecule has 5 rings (SSSR count). The van der Waals surface area contributed by atoms with Crippen molar-refractivity contribution in [3.8, 4) is 0 Å². The number of allylic oxidation sites excluding steroid dienone is 5. The van der Waals surface area contributed by atoms with Crippen LogP contribution in [-0.2, 0) is 4.79 Å². The first kappa shape index (κ1) is 17.6. The zero-order valence-electron chi connectivity index (χ0n) is 15.9. The SMILES string of the molecule is C=CCC12CCC3C4CCC(=O)C=C4C=CC3C1C1CC1C2(O)/C=C\CO. The molecule has 0 heterocycles. The molecule has 0 saturated heterocycles. The molecule has 3 fully saturated rings. The van der Waals surface area contributed by atoms with Gasteiger partial charge in [-0.25, -0.2) is 0 Å². The van der Waals surface area contributed by atoms with Gasteiger partial charge in [-0.1, -0.05) is 30.4 Å². The van der Waals surface area contributed by atoms with E-state index in [9.17, 15) is 15.0 Å². The Kier molecular flexibility index (Phi) is 3.93. The van der Waals surface area contributed by atoms with Gasteiger partial charge < -0.3 is 10.2 Å². The average molecular weight is 367 g/mol. The molecule has 0 bridgehead atoms. The lowest BCUT2D eigenvalue weighted by Crippen LogP contribution is -2.55. The summed E-state index contributed by atoms with van der Waals surface area (Å²) in [7, 11) is 0. The number of carbonyl (C=O) groups excluding carboxylic acids is 1. The van der Waals surface area contributed by atoms with Crippen molar-refractivity contribution in [1.29, 1.82) is 0 Å². The van der Waals surface area contributed by atoms with Crippen LogP contribution in [0.15, 0.2) is 48.6 Å². The van der Waals surface area contributed by atoms with Crippen molar-refractivity contribution >= 4 is 5.78 Å². The van der Waals surface area contributed by atoms with Crippen LogP contribution in [0.3, 0.4) is 0 Å². The van der Waals surface area contributed by atoms with E-state index in [1.54, 1.807) is 6.08 Å². The third-order valence-corrected chi connectivity index (χ3v) is 8.61. The van der Waals surface area contributed by atoms with Gasteiger partial charge in [-0.05, 0) is 79.3 Å². The molecule has 2 N–H and O–H groups in total. The maximum absolute atomic E-state index is 11.9. The lowest BCUT2D eigenvalue weighted by molar-refractivity contribution is -0.117. The van der Waals surface area contributed by atoms with Crippen LogP contribution in [0.25, 0.3) is 0 Å². The summed E-state index contributed by atoms with van der Waals surface area (Å²) < 4.78 is 0. The standard InChI is InChI=1S/C24H30O3/c1-2-9-23-11-8-18-17-7-5-16(26)13-15(17)4-6-19(18)22(23)20-14-21(20)24(23,27)10-3-12-25/h2-4,6,10,13,17-22,25,27H,1,5,7-9,11-12,14H2/b10-3-. The van der Waals surface area contributed by atoms with Gasteiger partial charge >= 0.3 is 0 Å². The number of fused-ring (bicyclic) bond motifs is 7. The average Bonchev–Trinajstić information content (AvgIpc) is 3.42. The largest absolute Gasteiger partial charge is 0.392 e. The molecule has 27 heavy (non-hydrogen) atoms. The molecule has 3 heteroatoms. The normalized spacial score (nSPS) is 49.9. The van der Waals surface area contributed by atoms with E-state index in [-0.39, 0.29) is 17.8 Å². The predicted molar refractivity (Wildman–Crippen MR) is 105 cm³/mol. The van der Waals surface area contributed by atoms with E-state index in [1.165, 1.54) is 5.57 Å². The summed E-state index contributed by atoms with van der Waals surface area (Å²) in [6.07, 6.45) is 17.8. The van der Waals surface area contributed by atoms with Gasteiger partial charge in [0.2, 0.25) is 0 Å². The summed E-state index contributed by atoms with van der Waals surface area (Å²) >= 11 is 0. The minimum Gasteiger partial charge on any atom is -0.392 e. The highest BCUT2D eigenvalue weighted by Gasteiger charge is 2.75. The molecule has 3 nitrogen and oxygen atoms in total. The van der Waals surface area contributed by atoms with Crippen molar-refractivity contribution in [1.82, 2.24) is 0 Å². The number of hydrogen-bond donors (Lipinski definition) is 2. The first-order valence-corrected chi connectivity index (χ1v) is 10.6. The first-order chi connectivity index (χ1) is 13.1. The monoisotopic (exact) mass is 366 g/mol. The van der Waals surface area contributed by atoms with Crippen LogP contribution >= 0.6 is 0 Å². The Balaban J connectivity index is 1.57. The van der Waals surface area contributed by atoms with E-state index in [1.807, 2.05) is 18.2 Å². The minimum absolute atomic E-state index is 0.0231. The van der Waals surface area contributed by atoms with Gasteiger partial charge in [0.05, 0.1) is 12.2 Å². The zero-order valence-corrected chi connectivity index (χ0v) is 15.9. The smallest absolute Gasteiger partial charge is 0.155 e. The molecule has 5 aliphatic rings. The molecule has 8 unspecified atom stereocenters. The van der Waals surface area contributed by atoms with Crippen LogP contribution in [0, 0.1) is 40.9 Å². The molecule has 0 aromatic carbocycles. The molecule has 0 amide bonds. The van der Waals surface area contributed by atoms with Crippen molar-refractivity contribution in [2.75, 3.05) is 6.61 Å². The Morgan fingerprint density at radius 3 is 2.93 bits per heavy atom. The van der Waals surface area contributed by atoms with Crippen LogP contribution < -0.4 is 0 Å². The van der Waals surface area contributed by atoms with Gasteiger partial charge in [0.15, 0.2) is 5.78 Å². The lowest BCUT2D eigenvalue weighted by Gasteiger charge is -2.56. The molecule has 5 aliphatic carbocycles. The molecule has 0 aliphatic heterocycles. The number of aliphatic hydroxyl groups is 2. The summed E-state index contributed by atoms with van der Waals surface area (Å²) in [4.78, 5) is 11.9. The van der Waals surface area contributed by atoms with Crippen molar-refractivity contribution < 1.29 is 15.0 Å². The zero-order chi connectivity index (χ0) is 18.8. The van der Waals surface area contributed by atoms with Crippen molar-refractivity contribution in [2.24, 2.45) is 40.9 Å². The Morgan fingerprint density at radius 2 is 2.15 bits per heavy atom. The highest BCUT2D eigenvalue weighted by atomic mass is 16.3. The topological polar surface area (TPSA) is 57.5 Å². The van der Waals surface area contributed by atoms with Crippen LogP contribution in [0.4, 0.5) is 0 Å². The second-order valence-electron chi connectivity index (χ2n) is 9.49. The van der Waals surface area contributed by atoms with Crippen LogP contribution in [0.1, 0.15) is 38.5 Å². The van der Waals surface area contributed by atoms with Crippen LogP contribution in [0.5, 0.6) is 0 Å². The Bertz CT molecular complexity index is 762. The quantitative estimate of drug-likeness (QED) is 0.748. The number of aliphatic hydroxyl groups excluding tert-OH is 1. The molecular weight excluding hydrogens is 336 g/mol. The number of hydrogen-bond acceptors (Lipinski definition) is 3. The number of rotatable bonds is 4. The van der Waals surface area contributed by atoms with Gasteiger partial charge in [0, 0.05) is 11.8 Å². The molecule has 0 aromatic rings. The number of carbonyl (C=O) groups is 1. The van der Waals surface area contributed by atoms with Crippen molar-refractivity contribution in [3.63, 3.8) is 0 Å². The molecule has 0 spiro atoms. The van der Waals surface area contributed by atoms with Crippen molar-refractivity contribution in [2.45, 2.75) is 44.1 Å². The van der Waals surface area contributed by atoms with E-state index in [2.05, 4.69) is 18.7 Å². The molecular formula is C24H30O3. The predicted octanol–water partition coefficient (Wildman–Crippen LogP) is 3.60. The first-order valence-electron chi connectivity index (χ1n) is 10.6. The third kappa shape index (κ3) is 2.25. The van der Waals surface area contributed by atoms with Crippen LogP contribution in [-0.4, -0.2) is 28.2 Å². The Labute approximate surface area is 161 Å². The second-order valence-corrected chi connectivity index (χ2v) is 9.49. The highest BCUT2D eigenvalue weighted by molar-refractivity contribution is 5.91. The molecule has 3 saturated carbocycles. The fraction of sp³-hybridized carbons (Fsp3) is 0.625. The molecule has 8 atom stereocenters. The summed E-state index contributed by atoms with van der Waals surface area (Å²) in [6.45, 7) is 4.00. The molecule has 144 valence electrons. The Hall–Kier alpha value is -1.45. The van der Waals surface area contributed by atoms with Crippen LogP contribution in [0.2, 0.25) is 0 Å². The van der Waals surface area contributed by atoms with Gasteiger partial charge in [0.1, 0.15) is 0 Å². The molecule has 0 radical (unpaired) electrons. The van der Waals surface area contributed by atoms with Gasteiger partial charge in [-0.15, -0.1) is 6.58 Å². The van der Waals surface area contributed by atoms with E-state index in [0.29, 0.717) is 41.9 Å². The maximum Gasteiger partial charge on any atom is 0.155 e. The van der Waals surface area contributed by atoms with Gasteiger partial charge in [-0.2, -0.15) is 0 Å². The summed E-state index contributed by atoms with van der Waals surface area (Å²) in [5, 5.41) is 21.2. The van der Waals surface area contributed by atoms with Gasteiger partial charge in [0.25, 0.3) is 0 Å². The van der Waals surface area contributed by atoms with E-state index < -0.39 is 5.60 Å². The third-order valence-electron chi connectivity index (χ3n) is 8.61. The maximum atomic E-state index is 11.9. The van der Waals surface area contributed by atoms with E-state index in [4.69, 9.17) is 0 Å². The summed E-state index contributed by atoms with van der Waals surface area (Å²) in [6, 6.07) is 0. The van der Waals surface area contributed by atoms with Crippen molar-refractivity contribution in [3.05, 3.63) is 48.6 Å². The van der Waals surface area contributed by atoms with E-state index in [0.717, 1.165) is 32.1 Å². The minimum atomic E-state index is -0.823. The summed E-state index contributed by atoms with van der Waals surface area (Å²) in [5.41, 5.74) is 0.256. The van der Waals surface area contributed by atoms with E-state index >= 15 is 0 Å². The highest BCUT2D eigenvalue weighted by Crippen LogP contribution is 2.76. The Morgan fingerprint density at radius 1 is 1.30 bits per heavy atom.